The monoisotopic (exact) mass is 352 g/mol. The molecule has 0 spiro atoms. The van der Waals surface area contributed by atoms with Crippen LogP contribution in [0, 0.1) is 18.3 Å². The molecule has 1 aliphatic heterocycles. The lowest BCUT2D eigenvalue weighted by Gasteiger charge is -2.28. The quantitative estimate of drug-likeness (QED) is 0.827. The maximum Gasteiger partial charge on any atom is 0.272 e. The van der Waals surface area contributed by atoms with Gasteiger partial charge in [-0.15, -0.1) is 0 Å². The fourth-order valence-corrected chi connectivity index (χ4v) is 4.40. The maximum absolute atomic E-state index is 12.7. The number of ether oxygens (including phenoxy) is 1. The van der Waals surface area contributed by atoms with Crippen molar-refractivity contribution in [3.63, 3.8) is 0 Å². The zero-order valence-electron chi connectivity index (χ0n) is 15.1. The molecule has 0 bridgehead atoms. The van der Waals surface area contributed by atoms with E-state index in [0.29, 0.717) is 24.8 Å². The van der Waals surface area contributed by atoms with Gasteiger partial charge in [0.1, 0.15) is 12.0 Å². The number of fused-ring (bicyclic) bond motifs is 1. The van der Waals surface area contributed by atoms with Gasteiger partial charge in [0, 0.05) is 37.1 Å². The van der Waals surface area contributed by atoms with Crippen LogP contribution in [0.25, 0.3) is 0 Å². The molecule has 2 aromatic rings. The van der Waals surface area contributed by atoms with E-state index in [1.807, 2.05) is 17.2 Å². The predicted molar refractivity (Wildman–Crippen MR) is 96.3 cm³/mol. The van der Waals surface area contributed by atoms with Crippen molar-refractivity contribution < 1.29 is 9.53 Å². The van der Waals surface area contributed by atoms with Gasteiger partial charge in [-0.1, -0.05) is 6.42 Å². The van der Waals surface area contributed by atoms with Crippen molar-refractivity contribution in [2.75, 3.05) is 19.7 Å². The molecule has 0 aromatic carbocycles. The average Bonchev–Trinajstić information content (AvgIpc) is 3.21. The Labute approximate surface area is 153 Å². The van der Waals surface area contributed by atoms with Crippen molar-refractivity contribution in [3.8, 4) is 0 Å². The van der Waals surface area contributed by atoms with Gasteiger partial charge in [-0.3, -0.25) is 9.78 Å². The van der Waals surface area contributed by atoms with Crippen molar-refractivity contribution in [2.45, 2.75) is 32.8 Å². The van der Waals surface area contributed by atoms with Crippen LogP contribution in [0.4, 0.5) is 0 Å². The second kappa shape index (κ2) is 7.11. The molecule has 136 valence electrons. The number of carbonyl (C=O) groups is 1. The minimum atomic E-state index is 0.00396. The van der Waals surface area contributed by atoms with Gasteiger partial charge in [0.05, 0.1) is 13.2 Å². The van der Waals surface area contributed by atoms with Gasteiger partial charge in [-0.2, -0.15) is 0 Å². The Kier molecular flexibility index (Phi) is 4.68. The van der Waals surface area contributed by atoms with Gasteiger partial charge < -0.3 is 9.64 Å². The van der Waals surface area contributed by atoms with Crippen LogP contribution >= 0.6 is 0 Å². The molecular weight excluding hydrogens is 328 g/mol. The smallest absolute Gasteiger partial charge is 0.272 e. The van der Waals surface area contributed by atoms with E-state index in [1.54, 1.807) is 18.5 Å². The summed E-state index contributed by atoms with van der Waals surface area (Å²) >= 11 is 0. The first-order chi connectivity index (χ1) is 12.7. The molecule has 1 amide bonds. The number of likely N-dealkylation sites (tertiary alicyclic amines) is 1. The third-order valence-corrected chi connectivity index (χ3v) is 5.92. The molecule has 1 aliphatic carbocycles. The van der Waals surface area contributed by atoms with Gasteiger partial charge in [-0.25, -0.2) is 9.97 Å². The SMILES string of the molecule is Cc1ccncc1COC[C@]12CCC[C@H]1CN(C(=O)c1ccncn1)C2. The maximum atomic E-state index is 12.7. The summed E-state index contributed by atoms with van der Waals surface area (Å²) in [6.45, 7) is 4.91. The van der Waals surface area contributed by atoms with Crippen molar-refractivity contribution >= 4 is 5.91 Å². The van der Waals surface area contributed by atoms with Gasteiger partial charge in [0.15, 0.2) is 0 Å². The molecule has 2 aliphatic rings. The van der Waals surface area contributed by atoms with Gasteiger partial charge >= 0.3 is 0 Å². The Morgan fingerprint density at radius 3 is 3.04 bits per heavy atom. The molecule has 2 atom stereocenters. The topological polar surface area (TPSA) is 68.2 Å². The first-order valence-corrected chi connectivity index (χ1v) is 9.20. The van der Waals surface area contributed by atoms with Crippen molar-refractivity contribution in [3.05, 3.63) is 53.9 Å². The summed E-state index contributed by atoms with van der Waals surface area (Å²) in [5.41, 5.74) is 2.89. The fourth-order valence-electron chi connectivity index (χ4n) is 4.40. The molecule has 2 aromatic heterocycles. The van der Waals surface area contributed by atoms with E-state index in [1.165, 1.54) is 24.7 Å². The molecular formula is C20H24N4O2. The summed E-state index contributed by atoms with van der Waals surface area (Å²) in [4.78, 5) is 26.9. The molecule has 0 unspecified atom stereocenters. The van der Waals surface area contributed by atoms with E-state index >= 15 is 0 Å². The van der Waals surface area contributed by atoms with Gasteiger partial charge in [-0.05, 0) is 48.9 Å². The highest BCUT2D eigenvalue weighted by Crippen LogP contribution is 2.49. The summed E-state index contributed by atoms with van der Waals surface area (Å²) in [6.07, 6.45) is 10.2. The van der Waals surface area contributed by atoms with E-state index in [9.17, 15) is 4.79 Å². The molecule has 0 radical (unpaired) electrons. The summed E-state index contributed by atoms with van der Waals surface area (Å²) in [5.74, 6) is 0.521. The lowest BCUT2D eigenvalue weighted by Crippen LogP contribution is -2.35. The van der Waals surface area contributed by atoms with E-state index < -0.39 is 0 Å². The molecule has 1 saturated carbocycles. The lowest BCUT2D eigenvalue weighted by molar-refractivity contribution is 0.0262. The third kappa shape index (κ3) is 3.21. The number of nitrogens with zero attached hydrogens (tertiary/aromatic N) is 4. The Hall–Kier alpha value is -2.34. The zero-order valence-corrected chi connectivity index (χ0v) is 15.1. The Morgan fingerprint density at radius 2 is 2.23 bits per heavy atom. The summed E-state index contributed by atoms with van der Waals surface area (Å²) < 4.78 is 6.12. The molecule has 4 rings (SSSR count). The number of carbonyl (C=O) groups excluding carboxylic acids is 1. The van der Waals surface area contributed by atoms with Gasteiger partial charge in [0.25, 0.3) is 5.91 Å². The highest BCUT2D eigenvalue weighted by Gasteiger charge is 2.50. The van der Waals surface area contributed by atoms with Crippen LogP contribution in [0.5, 0.6) is 0 Å². The molecule has 1 saturated heterocycles. The summed E-state index contributed by atoms with van der Waals surface area (Å²) in [7, 11) is 0. The van der Waals surface area contributed by atoms with E-state index in [2.05, 4.69) is 21.9 Å². The van der Waals surface area contributed by atoms with E-state index in [4.69, 9.17) is 4.74 Å². The highest BCUT2D eigenvalue weighted by molar-refractivity contribution is 5.92. The molecule has 2 fully saturated rings. The number of pyridine rings is 1. The Balaban J connectivity index is 1.42. The molecule has 26 heavy (non-hydrogen) atoms. The average molecular weight is 352 g/mol. The molecule has 6 nitrogen and oxygen atoms in total. The lowest BCUT2D eigenvalue weighted by atomic mass is 9.81. The first-order valence-electron chi connectivity index (χ1n) is 9.20. The number of amides is 1. The number of hydrogen-bond acceptors (Lipinski definition) is 5. The first kappa shape index (κ1) is 17.1. The highest BCUT2D eigenvalue weighted by atomic mass is 16.5. The zero-order chi connectivity index (χ0) is 18.0. The second-order valence-corrected chi connectivity index (χ2v) is 7.53. The van der Waals surface area contributed by atoms with Crippen LogP contribution in [-0.2, 0) is 11.3 Å². The van der Waals surface area contributed by atoms with Crippen molar-refractivity contribution in [2.24, 2.45) is 11.3 Å². The van der Waals surface area contributed by atoms with Gasteiger partial charge in [0.2, 0.25) is 0 Å². The van der Waals surface area contributed by atoms with E-state index in [0.717, 1.165) is 25.1 Å². The van der Waals surface area contributed by atoms with Crippen molar-refractivity contribution in [1.82, 2.24) is 19.9 Å². The number of aryl methyl sites for hydroxylation is 1. The Morgan fingerprint density at radius 1 is 1.35 bits per heavy atom. The van der Waals surface area contributed by atoms with Crippen LogP contribution in [0.2, 0.25) is 0 Å². The van der Waals surface area contributed by atoms with Crippen LogP contribution in [-0.4, -0.2) is 45.5 Å². The van der Waals surface area contributed by atoms with Crippen LogP contribution in [0.1, 0.15) is 40.9 Å². The summed E-state index contributed by atoms with van der Waals surface area (Å²) in [6, 6.07) is 3.69. The minimum absolute atomic E-state index is 0.00396. The van der Waals surface area contributed by atoms with Crippen LogP contribution in [0.15, 0.2) is 37.1 Å². The number of aromatic nitrogens is 3. The molecule has 3 heterocycles. The van der Waals surface area contributed by atoms with Crippen molar-refractivity contribution in [1.29, 1.82) is 0 Å². The normalized spacial score (nSPS) is 24.7. The fraction of sp³-hybridized carbons (Fsp3) is 0.500. The van der Waals surface area contributed by atoms with E-state index in [-0.39, 0.29) is 11.3 Å². The standard InChI is InChI=1S/C20H24N4O2/c1-15-4-7-21-9-16(15)11-26-13-20-6-2-3-17(20)10-24(12-20)19(25)18-5-8-22-14-23-18/h4-5,7-9,14,17H,2-3,6,10-13H2,1H3/t17-,20+/m0/s1. The molecule has 0 N–H and O–H groups in total. The number of rotatable bonds is 5. The summed E-state index contributed by atoms with van der Waals surface area (Å²) in [5, 5.41) is 0. The van der Waals surface area contributed by atoms with Crippen LogP contribution < -0.4 is 0 Å². The largest absolute Gasteiger partial charge is 0.376 e. The second-order valence-electron chi connectivity index (χ2n) is 7.53. The van der Waals surface area contributed by atoms with Crippen LogP contribution in [0.3, 0.4) is 0 Å². The molecule has 6 heteroatoms. The Bertz CT molecular complexity index is 782. The predicted octanol–water partition coefficient (Wildman–Crippen LogP) is 2.64. The minimum Gasteiger partial charge on any atom is -0.376 e. The third-order valence-electron chi connectivity index (χ3n) is 5.92. The number of hydrogen-bond donors (Lipinski definition) is 0.